The Kier molecular flexibility index (Phi) is 2.74. The minimum atomic E-state index is 0.304. The van der Waals surface area contributed by atoms with Crippen LogP contribution in [0.5, 0.6) is 0 Å². The van der Waals surface area contributed by atoms with E-state index in [1.165, 1.54) is 5.69 Å². The van der Waals surface area contributed by atoms with E-state index in [-0.39, 0.29) is 0 Å². The average Bonchev–Trinajstić information content (AvgIpc) is 2.93. The maximum atomic E-state index is 11.1. The minimum Gasteiger partial charge on any atom is -0.381 e. The molecule has 1 aliphatic heterocycles. The number of aryl methyl sites for hydroxylation is 1. The van der Waals surface area contributed by atoms with Gasteiger partial charge in [-0.2, -0.15) is 5.10 Å². The molecule has 0 spiro atoms. The van der Waals surface area contributed by atoms with E-state index in [0.29, 0.717) is 30.6 Å². The van der Waals surface area contributed by atoms with Gasteiger partial charge in [0.05, 0.1) is 18.3 Å². The fraction of sp³-hybridized carbons (Fsp3) is 0.692. The molecule has 2 fully saturated rings. The summed E-state index contributed by atoms with van der Waals surface area (Å²) < 4.78 is 7.55. The van der Waals surface area contributed by atoms with E-state index in [2.05, 4.69) is 22.8 Å². The van der Waals surface area contributed by atoms with Crippen LogP contribution in [-0.4, -0.2) is 28.8 Å². The molecule has 0 N–H and O–H groups in total. The van der Waals surface area contributed by atoms with Crippen molar-refractivity contribution >= 4 is 5.78 Å². The summed E-state index contributed by atoms with van der Waals surface area (Å²) in [5.41, 5.74) is 2.41. The van der Waals surface area contributed by atoms with Gasteiger partial charge < -0.3 is 4.74 Å². The third-order valence-corrected chi connectivity index (χ3v) is 3.80. The second-order valence-corrected chi connectivity index (χ2v) is 5.02. The molecule has 1 saturated carbocycles. The number of Topliss-reactive ketones (excluding diaryl/α,β-unsaturated/α-hetero) is 1. The van der Waals surface area contributed by atoms with E-state index in [9.17, 15) is 4.79 Å². The molecule has 1 aromatic heterocycles. The highest BCUT2D eigenvalue weighted by atomic mass is 16.5. The number of hydrogen-bond acceptors (Lipinski definition) is 3. The lowest BCUT2D eigenvalue weighted by molar-refractivity contribution is -0.126. The van der Waals surface area contributed by atoms with Gasteiger partial charge in [-0.25, -0.2) is 0 Å². The lowest BCUT2D eigenvalue weighted by atomic mass is 9.90. The zero-order chi connectivity index (χ0) is 11.8. The molecule has 0 bridgehead atoms. The summed E-state index contributed by atoms with van der Waals surface area (Å²) in [5, 5.41) is 4.64. The van der Waals surface area contributed by atoms with Crippen LogP contribution in [-0.2, 0) is 16.0 Å². The number of ketones is 1. The van der Waals surface area contributed by atoms with Gasteiger partial charge in [0.25, 0.3) is 0 Å². The Hall–Kier alpha value is -1.16. The fourth-order valence-corrected chi connectivity index (χ4v) is 2.64. The molecule has 0 radical (unpaired) electrons. The molecule has 2 heterocycles. The van der Waals surface area contributed by atoms with Crippen molar-refractivity contribution in [1.82, 2.24) is 9.78 Å². The van der Waals surface area contributed by atoms with Crippen LogP contribution >= 0.6 is 0 Å². The van der Waals surface area contributed by atoms with Gasteiger partial charge in [-0.05, 0) is 18.9 Å². The van der Waals surface area contributed by atoms with Crippen LogP contribution < -0.4 is 0 Å². The Morgan fingerprint density at radius 2 is 2.35 bits per heavy atom. The van der Waals surface area contributed by atoms with Gasteiger partial charge in [-0.3, -0.25) is 9.48 Å². The van der Waals surface area contributed by atoms with Gasteiger partial charge >= 0.3 is 0 Å². The highest BCUT2D eigenvalue weighted by Gasteiger charge is 2.33. The molecule has 17 heavy (non-hydrogen) atoms. The Labute approximate surface area is 101 Å². The molecule has 1 atom stereocenters. The van der Waals surface area contributed by atoms with Crippen molar-refractivity contribution in [2.45, 2.75) is 44.6 Å². The van der Waals surface area contributed by atoms with E-state index in [1.807, 2.05) is 0 Å². The summed E-state index contributed by atoms with van der Waals surface area (Å²) in [7, 11) is 0. The number of nitrogens with zero attached hydrogens (tertiary/aromatic N) is 2. The third-order valence-electron chi connectivity index (χ3n) is 3.80. The van der Waals surface area contributed by atoms with Crippen LogP contribution in [0.3, 0.4) is 0 Å². The lowest BCUT2D eigenvalue weighted by Gasteiger charge is -2.27. The van der Waals surface area contributed by atoms with Gasteiger partial charge in [0.1, 0.15) is 5.78 Å². The quantitative estimate of drug-likeness (QED) is 0.801. The first kappa shape index (κ1) is 11.0. The molecule has 1 saturated heterocycles. The molecule has 0 amide bonds. The van der Waals surface area contributed by atoms with Gasteiger partial charge in [-0.1, -0.05) is 6.92 Å². The summed E-state index contributed by atoms with van der Waals surface area (Å²) in [6.07, 6.45) is 3.35. The van der Waals surface area contributed by atoms with E-state index in [0.717, 1.165) is 31.7 Å². The van der Waals surface area contributed by atoms with Crippen LogP contribution in [0.4, 0.5) is 0 Å². The molecule has 1 unspecified atom stereocenters. The predicted octanol–water partition coefficient (Wildman–Crippen LogP) is 1.85. The molecular weight excluding hydrogens is 216 g/mol. The summed E-state index contributed by atoms with van der Waals surface area (Å²) in [5.74, 6) is 0.829. The van der Waals surface area contributed by atoms with Crippen LogP contribution in [0.25, 0.3) is 0 Å². The van der Waals surface area contributed by atoms with Crippen molar-refractivity contribution in [3.05, 3.63) is 17.5 Å². The second kappa shape index (κ2) is 4.26. The summed E-state index contributed by atoms with van der Waals surface area (Å²) in [6.45, 7) is 3.77. The largest absolute Gasteiger partial charge is 0.381 e. The maximum absolute atomic E-state index is 11.1. The number of ether oxygens (including phenoxy) is 1. The Balaban J connectivity index is 1.88. The summed E-state index contributed by atoms with van der Waals surface area (Å²) >= 11 is 0. The molecule has 4 heteroatoms. The molecule has 4 nitrogen and oxygen atoms in total. The van der Waals surface area contributed by atoms with Gasteiger partial charge in [-0.15, -0.1) is 0 Å². The molecular formula is C13H18N2O2. The third kappa shape index (κ3) is 1.90. The summed E-state index contributed by atoms with van der Waals surface area (Å²) in [6, 6.07) is 2.50. The fourth-order valence-electron chi connectivity index (χ4n) is 2.64. The number of carbonyl (C=O) groups excluding carboxylic acids is 1. The first-order valence-corrected chi connectivity index (χ1v) is 6.45. The van der Waals surface area contributed by atoms with Crippen molar-refractivity contribution < 1.29 is 9.53 Å². The zero-order valence-corrected chi connectivity index (χ0v) is 10.2. The highest BCUT2D eigenvalue weighted by Crippen LogP contribution is 2.34. The van der Waals surface area contributed by atoms with Crippen molar-refractivity contribution in [3.63, 3.8) is 0 Å². The molecule has 3 rings (SSSR count). The van der Waals surface area contributed by atoms with E-state index >= 15 is 0 Å². The monoisotopic (exact) mass is 234 g/mol. The van der Waals surface area contributed by atoms with E-state index in [1.54, 1.807) is 0 Å². The first-order chi connectivity index (χ1) is 8.28. The Morgan fingerprint density at radius 3 is 2.94 bits per heavy atom. The Morgan fingerprint density at radius 1 is 1.53 bits per heavy atom. The van der Waals surface area contributed by atoms with Gasteiger partial charge in [0.2, 0.25) is 0 Å². The number of hydrogen-bond donors (Lipinski definition) is 0. The lowest BCUT2D eigenvalue weighted by Crippen LogP contribution is -2.29. The van der Waals surface area contributed by atoms with Crippen molar-refractivity contribution in [2.75, 3.05) is 13.2 Å². The highest BCUT2D eigenvalue weighted by molar-refractivity contribution is 5.85. The van der Waals surface area contributed by atoms with Crippen molar-refractivity contribution in [3.8, 4) is 0 Å². The standard InChI is InChI=1S/C13H18N2O2/c1-2-10-5-13(9-3-4-17-8-9)15(14-10)11-6-12(16)7-11/h5,9,11H,2-4,6-8H2,1H3. The van der Waals surface area contributed by atoms with E-state index in [4.69, 9.17) is 4.74 Å². The predicted molar refractivity (Wildman–Crippen MR) is 63.1 cm³/mol. The van der Waals surface area contributed by atoms with Gasteiger partial charge in [0, 0.05) is 31.1 Å². The molecule has 0 aromatic carbocycles. The van der Waals surface area contributed by atoms with Gasteiger partial charge in [0.15, 0.2) is 0 Å². The minimum absolute atomic E-state index is 0.304. The average molecular weight is 234 g/mol. The SMILES string of the molecule is CCc1cc(C2CCOC2)n(C2CC(=O)C2)n1. The van der Waals surface area contributed by atoms with Crippen LogP contribution in [0, 0.1) is 0 Å². The molecule has 2 aliphatic rings. The molecule has 1 aromatic rings. The van der Waals surface area contributed by atoms with Crippen molar-refractivity contribution in [1.29, 1.82) is 0 Å². The maximum Gasteiger partial charge on any atom is 0.137 e. The van der Waals surface area contributed by atoms with Crippen molar-refractivity contribution in [2.24, 2.45) is 0 Å². The number of aromatic nitrogens is 2. The number of rotatable bonds is 3. The van der Waals surface area contributed by atoms with Crippen LogP contribution in [0.1, 0.15) is 49.5 Å². The Bertz CT molecular complexity index is 425. The molecule has 1 aliphatic carbocycles. The van der Waals surface area contributed by atoms with Crippen LogP contribution in [0.15, 0.2) is 6.07 Å². The van der Waals surface area contributed by atoms with E-state index < -0.39 is 0 Å². The first-order valence-electron chi connectivity index (χ1n) is 6.45. The molecule has 92 valence electrons. The number of carbonyl (C=O) groups is 1. The second-order valence-electron chi connectivity index (χ2n) is 5.02. The van der Waals surface area contributed by atoms with Crippen LogP contribution in [0.2, 0.25) is 0 Å². The zero-order valence-electron chi connectivity index (χ0n) is 10.2. The summed E-state index contributed by atoms with van der Waals surface area (Å²) in [4.78, 5) is 11.1. The smallest absolute Gasteiger partial charge is 0.137 e. The topological polar surface area (TPSA) is 44.1 Å². The normalized spacial score (nSPS) is 25.2.